The van der Waals surface area contributed by atoms with Crippen LogP contribution in [-0.4, -0.2) is 18.2 Å². The lowest BCUT2D eigenvalue weighted by Crippen LogP contribution is -2.42. The standard InChI is InChI=1S/C14H19NO/c1-10-3-2-4-13(7-10)16-14-8-11-5-6-12(9-14)15-11/h2-4,7,11-12,14-15H,5-6,8-9H2,1H3/t11-,12+,14?. The van der Waals surface area contributed by atoms with Crippen molar-refractivity contribution in [3.05, 3.63) is 29.8 Å². The zero-order chi connectivity index (χ0) is 11.0. The number of hydrogen-bond donors (Lipinski definition) is 1. The van der Waals surface area contributed by atoms with Crippen LogP contribution < -0.4 is 10.1 Å². The second-order valence-corrected chi connectivity index (χ2v) is 5.17. The van der Waals surface area contributed by atoms with E-state index in [0.717, 1.165) is 5.75 Å². The van der Waals surface area contributed by atoms with E-state index in [1.165, 1.54) is 31.2 Å². The van der Waals surface area contributed by atoms with Crippen LogP contribution in [0, 0.1) is 6.92 Å². The highest BCUT2D eigenvalue weighted by Crippen LogP contribution is 2.29. The van der Waals surface area contributed by atoms with Crippen LogP contribution in [0.15, 0.2) is 24.3 Å². The molecule has 0 amide bonds. The summed E-state index contributed by atoms with van der Waals surface area (Å²) >= 11 is 0. The van der Waals surface area contributed by atoms with Gasteiger partial charge in [0, 0.05) is 12.1 Å². The van der Waals surface area contributed by atoms with Crippen LogP contribution in [0.1, 0.15) is 31.2 Å². The molecule has 0 radical (unpaired) electrons. The van der Waals surface area contributed by atoms with E-state index in [4.69, 9.17) is 4.74 Å². The molecule has 0 aromatic heterocycles. The maximum absolute atomic E-state index is 6.08. The van der Waals surface area contributed by atoms with Gasteiger partial charge >= 0.3 is 0 Å². The van der Waals surface area contributed by atoms with Crippen molar-refractivity contribution >= 4 is 0 Å². The van der Waals surface area contributed by atoms with Crippen LogP contribution in [-0.2, 0) is 0 Å². The fraction of sp³-hybridized carbons (Fsp3) is 0.571. The average Bonchev–Trinajstić information content (AvgIpc) is 2.58. The van der Waals surface area contributed by atoms with Gasteiger partial charge in [0.25, 0.3) is 0 Å². The Morgan fingerprint density at radius 2 is 1.94 bits per heavy atom. The molecule has 1 aromatic carbocycles. The number of benzene rings is 1. The Morgan fingerprint density at radius 3 is 2.62 bits per heavy atom. The first-order valence-electron chi connectivity index (χ1n) is 6.29. The molecule has 3 rings (SSSR count). The average molecular weight is 217 g/mol. The molecule has 2 fully saturated rings. The van der Waals surface area contributed by atoms with Gasteiger partial charge in [0.1, 0.15) is 11.9 Å². The SMILES string of the molecule is Cc1cccc(OC2C[C@H]3CC[C@@H](C2)N3)c1. The molecule has 2 saturated heterocycles. The minimum atomic E-state index is 0.417. The van der Waals surface area contributed by atoms with Crippen molar-refractivity contribution in [1.82, 2.24) is 5.32 Å². The third kappa shape index (κ3) is 2.07. The molecule has 1 aromatic rings. The van der Waals surface area contributed by atoms with E-state index in [2.05, 4.69) is 36.5 Å². The Balaban J connectivity index is 1.67. The maximum Gasteiger partial charge on any atom is 0.119 e. The van der Waals surface area contributed by atoms with Gasteiger partial charge in [-0.1, -0.05) is 12.1 Å². The summed E-state index contributed by atoms with van der Waals surface area (Å²) in [7, 11) is 0. The molecule has 3 atom stereocenters. The highest BCUT2D eigenvalue weighted by molar-refractivity contribution is 5.27. The Hall–Kier alpha value is -1.02. The lowest BCUT2D eigenvalue weighted by Gasteiger charge is -2.29. The molecule has 2 nitrogen and oxygen atoms in total. The highest BCUT2D eigenvalue weighted by Gasteiger charge is 2.34. The minimum absolute atomic E-state index is 0.417. The summed E-state index contributed by atoms with van der Waals surface area (Å²) < 4.78 is 6.08. The van der Waals surface area contributed by atoms with Crippen LogP contribution in [0.2, 0.25) is 0 Å². The van der Waals surface area contributed by atoms with Crippen molar-refractivity contribution in [3.63, 3.8) is 0 Å². The predicted octanol–water partition coefficient (Wildman–Crippen LogP) is 2.66. The van der Waals surface area contributed by atoms with Crippen molar-refractivity contribution < 1.29 is 4.74 Å². The van der Waals surface area contributed by atoms with Gasteiger partial charge in [-0.05, 0) is 50.3 Å². The van der Waals surface area contributed by atoms with Crippen LogP contribution in [0.5, 0.6) is 5.75 Å². The summed E-state index contributed by atoms with van der Waals surface area (Å²) in [4.78, 5) is 0. The van der Waals surface area contributed by atoms with E-state index in [1.807, 2.05) is 0 Å². The quantitative estimate of drug-likeness (QED) is 0.822. The number of piperidine rings is 1. The van der Waals surface area contributed by atoms with Crippen molar-refractivity contribution in [2.24, 2.45) is 0 Å². The Bertz CT molecular complexity index is 365. The highest BCUT2D eigenvalue weighted by atomic mass is 16.5. The molecule has 1 N–H and O–H groups in total. The summed E-state index contributed by atoms with van der Waals surface area (Å²) in [5.41, 5.74) is 1.27. The van der Waals surface area contributed by atoms with Gasteiger partial charge in [-0.3, -0.25) is 0 Å². The lowest BCUT2D eigenvalue weighted by molar-refractivity contribution is 0.137. The first-order chi connectivity index (χ1) is 7.79. The zero-order valence-corrected chi connectivity index (χ0v) is 9.78. The molecule has 0 spiro atoms. The molecule has 0 saturated carbocycles. The predicted molar refractivity (Wildman–Crippen MR) is 64.8 cm³/mol. The van der Waals surface area contributed by atoms with Gasteiger partial charge in [-0.25, -0.2) is 0 Å². The summed E-state index contributed by atoms with van der Waals surface area (Å²) in [6.45, 7) is 2.11. The number of nitrogens with one attached hydrogen (secondary N) is 1. The lowest BCUT2D eigenvalue weighted by atomic mass is 10.0. The monoisotopic (exact) mass is 217 g/mol. The third-order valence-electron chi connectivity index (χ3n) is 3.72. The first-order valence-corrected chi connectivity index (χ1v) is 6.29. The summed E-state index contributed by atoms with van der Waals surface area (Å²) in [5.74, 6) is 1.03. The number of aryl methyl sites for hydroxylation is 1. The summed E-state index contributed by atoms with van der Waals surface area (Å²) in [6.07, 6.45) is 5.42. The van der Waals surface area contributed by atoms with Gasteiger partial charge in [-0.15, -0.1) is 0 Å². The van der Waals surface area contributed by atoms with Gasteiger partial charge < -0.3 is 10.1 Å². The van der Waals surface area contributed by atoms with E-state index in [-0.39, 0.29) is 0 Å². The van der Waals surface area contributed by atoms with Crippen molar-refractivity contribution in [3.8, 4) is 5.75 Å². The number of fused-ring (bicyclic) bond motifs is 2. The second kappa shape index (κ2) is 4.10. The minimum Gasteiger partial charge on any atom is -0.490 e. The van der Waals surface area contributed by atoms with Crippen LogP contribution in [0.3, 0.4) is 0 Å². The van der Waals surface area contributed by atoms with E-state index < -0.39 is 0 Å². The summed E-state index contributed by atoms with van der Waals surface area (Å²) in [6, 6.07) is 9.78. The fourth-order valence-corrected chi connectivity index (χ4v) is 2.98. The molecular weight excluding hydrogens is 198 g/mol. The van der Waals surface area contributed by atoms with E-state index >= 15 is 0 Å². The normalized spacial score (nSPS) is 32.7. The van der Waals surface area contributed by atoms with Crippen molar-refractivity contribution in [2.75, 3.05) is 0 Å². The van der Waals surface area contributed by atoms with E-state index in [1.54, 1.807) is 0 Å². The molecule has 2 heterocycles. The Labute approximate surface area is 97.0 Å². The van der Waals surface area contributed by atoms with Crippen LogP contribution in [0.25, 0.3) is 0 Å². The molecule has 2 aliphatic rings. The van der Waals surface area contributed by atoms with Crippen LogP contribution >= 0.6 is 0 Å². The van der Waals surface area contributed by atoms with Crippen LogP contribution in [0.4, 0.5) is 0 Å². The van der Waals surface area contributed by atoms with Gasteiger partial charge in [0.15, 0.2) is 0 Å². The van der Waals surface area contributed by atoms with E-state index in [0.29, 0.717) is 18.2 Å². The smallest absolute Gasteiger partial charge is 0.119 e. The van der Waals surface area contributed by atoms with Crippen molar-refractivity contribution in [2.45, 2.75) is 50.8 Å². The molecular formula is C14H19NO. The zero-order valence-electron chi connectivity index (χ0n) is 9.78. The third-order valence-corrected chi connectivity index (χ3v) is 3.72. The summed E-state index contributed by atoms with van der Waals surface area (Å²) in [5, 5.41) is 3.64. The van der Waals surface area contributed by atoms with Gasteiger partial charge in [0.2, 0.25) is 0 Å². The molecule has 2 aliphatic heterocycles. The van der Waals surface area contributed by atoms with Crippen molar-refractivity contribution in [1.29, 1.82) is 0 Å². The number of rotatable bonds is 2. The second-order valence-electron chi connectivity index (χ2n) is 5.17. The van der Waals surface area contributed by atoms with E-state index in [9.17, 15) is 0 Å². The molecule has 2 heteroatoms. The molecule has 1 unspecified atom stereocenters. The maximum atomic E-state index is 6.08. The number of hydrogen-bond acceptors (Lipinski definition) is 2. The molecule has 2 bridgehead atoms. The molecule has 0 aliphatic carbocycles. The topological polar surface area (TPSA) is 21.3 Å². The largest absolute Gasteiger partial charge is 0.490 e. The number of ether oxygens (including phenoxy) is 1. The van der Waals surface area contributed by atoms with Gasteiger partial charge in [0.05, 0.1) is 0 Å². The first kappa shape index (κ1) is 10.2. The Morgan fingerprint density at radius 1 is 1.19 bits per heavy atom. The Kier molecular flexibility index (Phi) is 2.60. The molecule has 86 valence electrons. The molecule has 16 heavy (non-hydrogen) atoms. The fourth-order valence-electron chi connectivity index (χ4n) is 2.98. The van der Waals surface area contributed by atoms with Gasteiger partial charge in [-0.2, -0.15) is 0 Å².